The zero-order valence-corrected chi connectivity index (χ0v) is 14.6. The predicted molar refractivity (Wildman–Crippen MR) is 87.7 cm³/mol. The van der Waals surface area contributed by atoms with Gasteiger partial charge in [-0.25, -0.2) is 14.0 Å². The Balaban J connectivity index is 1.97. The van der Waals surface area contributed by atoms with Gasteiger partial charge in [0.2, 0.25) is 0 Å². The number of halogens is 2. The molecule has 8 heteroatoms. The van der Waals surface area contributed by atoms with Gasteiger partial charge >= 0.3 is 11.9 Å². The van der Waals surface area contributed by atoms with Crippen LogP contribution < -0.4 is 0 Å². The molecule has 0 aliphatic carbocycles. The fourth-order valence-corrected chi connectivity index (χ4v) is 2.90. The largest absolute Gasteiger partial charge is 0.464 e. The molecule has 1 heterocycles. The van der Waals surface area contributed by atoms with Crippen molar-refractivity contribution in [3.8, 4) is 0 Å². The number of benzene rings is 1. The van der Waals surface area contributed by atoms with Crippen LogP contribution in [0.4, 0.5) is 4.39 Å². The summed E-state index contributed by atoms with van der Waals surface area (Å²) in [5, 5.41) is -0.0974. The molecule has 1 aromatic rings. The van der Waals surface area contributed by atoms with Crippen LogP contribution in [0.1, 0.15) is 36.5 Å². The molecule has 1 aromatic carbocycles. The molecule has 1 saturated heterocycles. The van der Waals surface area contributed by atoms with Crippen LogP contribution in [0.2, 0.25) is 5.02 Å². The number of likely N-dealkylation sites (tertiary alicyclic amines) is 1. The minimum absolute atomic E-state index is 0.0311. The van der Waals surface area contributed by atoms with E-state index in [0.29, 0.717) is 13.0 Å². The van der Waals surface area contributed by atoms with E-state index in [4.69, 9.17) is 21.1 Å². The molecule has 1 aliphatic rings. The molecule has 6 nitrogen and oxygen atoms in total. The molecule has 0 spiro atoms. The van der Waals surface area contributed by atoms with E-state index in [1.54, 1.807) is 6.92 Å². The molecule has 0 bridgehead atoms. The lowest BCUT2D eigenvalue weighted by Gasteiger charge is -2.33. The van der Waals surface area contributed by atoms with Gasteiger partial charge in [0.25, 0.3) is 5.91 Å². The lowest BCUT2D eigenvalue weighted by molar-refractivity contribution is -0.157. The second-order valence-electron chi connectivity index (χ2n) is 5.55. The third-order valence-corrected chi connectivity index (χ3v) is 4.17. The molecule has 1 amide bonds. The topological polar surface area (TPSA) is 72.9 Å². The Bertz CT molecular complexity index is 666. The molecule has 0 saturated carbocycles. The van der Waals surface area contributed by atoms with Crippen LogP contribution in [-0.4, -0.2) is 48.5 Å². The minimum atomic E-state index is -0.831. The minimum Gasteiger partial charge on any atom is -0.464 e. The summed E-state index contributed by atoms with van der Waals surface area (Å²) in [5.41, 5.74) is -0.0311. The molecule has 2 rings (SSSR count). The van der Waals surface area contributed by atoms with Crippen LogP contribution in [0.3, 0.4) is 0 Å². The van der Waals surface area contributed by atoms with Crippen molar-refractivity contribution in [1.29, 1.82) is 0 Å². The van der Waals surface area contributed by atoms with E-state index < -0.39 is 36.3 Å². The lowest BCUT2D eigenvalue weighted by atomic mass is 10.0. The summed E-state index contributed by atoms with van der Waals surface area (Å²) < 4.78 is 23.0. The van der Waals surface area contributed by atoms with Crippen molar-refractivity contribution in [2.45, 2.75) is 32.2 Å². The summed E-state index contributed by atoms with van der Waals surface area (Å²) in [6.45, 7) is 1.80. The first-order valence-electron chi connectivity index (χ1n) is 8.02. The summed E-state index contributed by atoms with van der Waals surface area (Å²) in [7, 11) is 0. The summed E-state index contributed by atoms with van der Waals surface area (Å²) in [6, 6.07) is 2.59. The third-order valence-electron chi connectivity index (χ3n) is 3.86. The summed E-state index contributed by atoms with van der Waals surface area (Å²) >= 11 is 5.79. The third kappa shape index (κ3) is 4.92. The van der Waals surface area contributed by atoms with Crippen LogP contribution in [0.15, 0.2) is 18.2 Å². The molecular weight excluding hydrogens is 353 g/mol. The highest BCUT2D eigenvalue weighted by atomic mass is 35.5. The Kier molecular flexibility index (Phi) is 6.75. The molecule has 0 aromatic heterocycles. The Morgan fingerprint density at radius 3 is 2.72 bits per heavy atom. The first-order chi connectivity index (χ1) is 11.9. The van der Waals surface area contributed by atoms with Gasteiger partial charge in [0.1, 0.15) is 11.9 Å². The fraction of sp³-hybridized carbons (Fsp3) is 0.471. The molecule has 1 unspecified atom stereocenters. The summed E-state index contributed by atoms with van der Waals surface area (Å²) in [6.07, 6.45) is 2.10. The summed E-state index contributed by atoms with van der Waals surface area (Å²) in [4.78, 5) is 37.7. The average Bonchev–Trinajstić information content (AvgIpc) is 2.59. The number of piperidine rings is 1. The van der Waals surface area contributed by atoms with Gasteiger partial charge in [0, 0.05) is 6.54 Å². The van der Waals surface area contributed by atoms with E-state index >= 15 is 0 Å². The van der Waals surface area contributed by atoms with E-state index in [2.05, 4.69) is 0 Å². The number of hydrogen-bond donors (Lipinski definition) is 0. The molecule has 136 valence electrons. The quantitative estimate of drug-likeness (QED) is 0.744. The van der Waals surface area contributed by atoms with Crippen LogP contribution in [0.5, 0.6) is 0 Å². The van der Waals surface area contributed by atoms with E-state index in [1.165, 1.54) is 11.0 Å². The predicted octanol–water partition coefficient (Wildman–Crippen LogP) is 2.58. The maximum absolute atomic E-state index is 13.0. The fourth-order valence-electron chi connectivity index (χ4n) is 2.66. The number of amides is 1. The van der Waals surface area contributed by atoms with Gasteiger partial charge in [-0.3, -0.25) is 4.79 Å². The number of ether oxygens (including phenoxy) is 2. The highest BCUT2D eigenvalue weighted by Crippen LogP contribution is 2.20. The number of nitrogens with zero attached hydrogens (tertiary/aromatic N) is 1. The van der Waals surface area contributed by atoms with Crippen LogP contribution >= 0.6 is 11.6 Å². The smallest absolute Gasteiger partial charge is 0.340 e. The van der Waals surface area contributed by atoms with Gasteiger partial charge in [-0.1, -0.05) is 11.6 Å². The second-order valence-corrected chi connectivity index (χ2v) is 5.96. The van der Waals surface area contributed by atoms with Crippen molar-refractivity contribution >= 4 is 29.4 Å². The van der Waals surface area contributed by atoms with Crippen LogP contribution in [-0.2, 0) is 19.1 Å². The Labute approximate surface area is 149 Å². The van der Waals surface area contributed by atoms with Crippen molar-refractivity contribution in [3.63, 3.8) is 0 Å². The normalized spacial score (nSPS) is 17.1. The second kappa shape index (κ2) is 8.80. The maximum atomic E-state index is 13.0. The van der Waals surface area contributed by atoms with E-state index in [0.717, 1.165) is 25.0 Å². The number of carbonyl (C=O) groups is 3. The zero-order chi connectivity index (χ0) is 18.4. The van der Waals surface area contributed by atoms with E-state index in [-0.39, 0.29) is 17.2 Å². The number of hydrogen-bond acceptors (Lipinski definition) is 5. The lowest BCUT2D eigenvalue weighted by Crippen LogP contribution is -2.50. The molecule has 0 N–H and O–H groups in total. The molecular formula is C17H19ClFNO5. The summed E-state index contributed by atoms with van der Waals surface area (Å²) in [5.74, 6) is -2.35. The molecule has 0 radical (unpaired) electrons. The van der Waals surface area contributed by atoms with Crippen molar-refractivity contribution in [2.75, 3.05) is 19.8 Å². The number of carbonyl (C=O) groups excluding carboxylic acids is 3. The van der Waals surface area contributed by atoms with E-state index in [1.807, 2.05) is 0 Å². The molecule has 1 fully saturated rings. The highest BCUT2D eigenvalue weighted by Gasteiger charge is 2.33. The van der Waals surface area contributed by atoms with Gasteiger partial charge < -0.3 is 14.4 Å². The SMILES string of the molecule is CCOC(=O)C1CCCCN1C(=O)COC(=O)c1ccc(F)cc1Cl. The van der Waals surface area contributed by atoms with E-state index in [9.17, 15) is 18.8 Å². The van der Waals surface area contributed by atoms with Gasteiger partial charge in [0.05, 0.1) is 17.2 Å². The molecule has 1 atom stereocenters. The highest BCUT2D eigenvalue weighted by molar-refractivity contribution is 6.33. The number of rotatable bonds is 5. The zero-order valence-electron chi connectivity index (χ0n) is 13.8. The Morgan fingerprint density at radius 1 is 1.28 bits per heavy atom. The van der Waals surface area contributed by atoms with Crippen LogP contribution in [0, 0.1) is 5.82 Å². The monoisotopic (exact) mass is 371 g/mol. The standard InChI is InChI=1S/C17H19ClFNO5/c1-2-24-17(23)14-5-3-4-8-20(14)15(21)10-25-16(22)12-7-6-11(19)9-13(12)18/h6-7,9,14H,2-5,8,10H2,1H3. The number of esters is 2. The Morgan fingerprint density at radius 2 is 2.04 bits per heavy atom. The molecule has 1 aliphatic heterocycles. The van der Waals surface area contributed by atoms with Gasteiger partial charge in [0.15, 0.2) is 6.61 Å². The van der Waals surface area contributed by atoms with Gasteiger partial charge in [-0.15, -0.1) is 0 Å². The van der Waals surface area contributed by atoms with Crippen molar-refractivity contribution in [1.82, 2.24) is 4.90 Å². The van der Waals surface area contributed by atoms with Crippen molar-refractivity contribution < 1.29 is 28.2 Å². The van der Waals surface area contributed by atoms with Crippen molar-refractivity contribution in [3.05, 3.63) is 34.6 Å². The van der Waals surface area contributed by atoms with Crippen molar-refractivity contribution in [2.24, 2.45) is 0 Å². The van der Waals surface area contributed by atoms with Gasteiger partial charge in [-0.2, -0.15) is 0 Å². The van der Waals surface area contributed by atoms with Crippen LogP contribution in [0.25, 0.3) is 0 Å². The van der Waals surface area contributed by atoms with Gasteiger partial charge in [-0.05, 0) is 44.4 Å². The molecule has 25 heavy (non-hydrogen) atoms. The Hall–Kier alpha value is -2.15. The first kappa shape index (κ1) is 19.2. The average molecular weight is 372 g/mol. The maximum Gasteiger partial charge on any atom is 0.340 e. The first-order valence-corrected chi connectivity index (χ1v) is 8.40.